The zero-order valence-electron chi connectivity index (χ0n) is 13.0. The molecule has 22 heavy (non-hydrogen) atoms. The van der Waals surface area contributed by atoms with E-state index >= 15 is 0 Å². The summed E-state index contributed by atoms with van der Waals surface area (Å²) in [6.07, 6.45) is 4.22. The Morgan fingerprint density at radius 3 is 2.50 bits per heavy atom. The molecule has 1 aromatic heterocycles. The van der Waals surface area contributed by atoms with E-state index in [-0.39, 0.29) is 18.0 Å². The molecule has 0 aliphatic carbocycles. The third-order valence-electron chi connectivity index (χ3n) is 4.29. The highest BCUT2D eigenvalue weighted by Gasteiger charge is 2.29. The summed E-state index contributed by atoms with van der Waals surface area (Å²) in [7, 11) is 0. The molecule has 120 valence electrons. The molecule has 0 radical (unpaired) electrons. The van der Waals surface area contributed by atoms with Crippen LogP contribution in [0.3, 0.4) is 0 Å². The molecule has 1 aliphatic heterocycles. The van der Waals surface area contributed by atoms with Gasteiger partial charge in [0, 0.05) is 12.1 Å². The van der Waals surface area contributed by atoms with Crippen molar-refractivity contribution < 1.29 is 9.31 Å². The second-order valence-corrected chi connectivity index (χ2v) is 5.91. The van der Waals surface area contributed by atoms with E-state index in [9.17, 15) is 0 Å². The molecule has 0 saturated carbocycles. The Labute approximate surface area is 136 Å². The number of nitrogens with zero attached hydrogens (tertiary/aromatic N) is 3. The van der Waals surface area contributed by atoms with Gasteiger partial charge in [-0.15, -0.1) is 12.4 Å². The number of benzene rings is 1. The number of aromatic nitrogens is 2. The van der Waals surface area contributed by atoms with Crippen LogP contribution in [0.25, 0.3) is 0 Å². The molecule has 0 bridgehead atoms. The van der Waals surface area contributed by atoms with Crippen LogP contribution in [0.4, 0.5) is 0 Å². The van der Waals surface area contributed by atoms with Gasteiger partial charge in [-0.05, 0) is 23.7 Å². The van der Waals surface area contributed by atoms with E-state index < -0.39 is 0 Å². The maximum atomic E-state index is 8.01. The maximum Gasteiger partial charge on any atom is 0.289 e. The second kappa shape index (κ2) is 7.01. The van der Waals surface area contributed by atoms with E-state index in [0.717, 1.165) is 18.5 Å². The van der Waals surface area contributed by atoms with E-state index in [0.29, 0.717) is 18.5 Å². The number of halogens is 1. The van der Waals surface area contributed by atoms with Gasteiger partial charge in [0.15, 0.2) is 0 Å². The third kappa shape index (κ3) is 3.19. The summed E-state index contributed by atoms with van der Waals surface area (Å²) >= 11 is 0. The van der Waals surface area contributed by atoms with E-state index in [1.165, 1.54) is 12.0 Å². The Balaban J connectivity index is 0.00000176. The van der Waals surface area contributed by atoms with Crippen molar-refractivity contribution in [1.29, 1.82) is 5.41 Å². The van der Waals surface area contributed by atoms with Gasteiger partial charge < -0.3 is 4.52 Å². The summed E-state index contributed by atoms with van der Waals surface area (Å²) in [6.45, 7) is 4.43. The number of hydrogen-bond donors (Lipinski definition) is 1. The predicted octanol–water partition coefficient (Wildman–Crippen LogP) is 1.92. The predicted molar refractivity (Wildman–Crippen MR) is 85.6 cm³/mol. The first kappa shape index (κ1) is 16.6. The van der Waals surface area contributed by atoms with Crippen molar-refractivity contribution in [1.82, 2.24) is 5.27 Å². The number of rotatable bonds is 3. The average molecular weight is 323 g/mol. The van der Waals surface area contributed by atoms with Gasteiger partial charge in [0.05, 0.1) is 6.42 Å². The van der Waals surface area contributed by atoms with E-state index in [1.54, 1.807) is 0 Å². The minimum atomic E-state index is 0. The van der Waals surface area contributed by atoms with Crippen LogP contribution in [0.15, 0.2) is 34.9 Å². The monoisotopic (exact) mass is 322 g/mol. The van der Waals surface area contributed by atoms with Crippen LogP contribution in [0.2, 0.25) is 0 Å². The average Bonchev–Trinajstić information content (AvgIpc) is 2.82. The molecule has 0 spiro atoms. The van der Waals surface area contributed by atoms with Crippen LogP contribution in [0.1, 0.15) is 44.4 Å². The summed E-state index contributed by atoms with van der Waals surface area (Å²) in [5.41, 5.74) is 2.14. The van der Waals surface area contributed by atoms with E-state index in [1.807, 2.05) is 23.0 Å². The zero-order chi connectivity index (χ0) is 14.8. The summed E-state index contributed by atoms with van der Waals surface area (Å²) < 4.78 is 5.16. The van der Waals surface area contributed by atoms with Gasteiger partial charge >= 0.3 is 0 Å². The Hall–Kier alpha value is -1.75. The van der Waals surface area contributed by atoms with E-state index in [4.69, 9.17) is 9.93 Å². The van der Waals surface area contributed by atoms with Gasteiger partial charge in [-0.2, -0.15) is 0 Å². The molecule has 0 amide bonds. The Kier molecular flexibility index (Phi) is 5.29. The SMILES string of the molecule is CC1CCCC(C)N1[n+]1[n-]oc(=N)c1Cc1ccccc1.Cl. The van der Waals surface area contributed by atoms with Gasteiger partial charge in [-0.1, -0.05) is 55.4 Å². The van der Waals surface area contributed by atoms with Crippen LogP contribution >= 0.6 is 12.4 Å². The second-order valence-electron chi connectivity index (χ2n) is 5.91. The van der Waals surface area contributed by atoms with Gasteiger partial charge in [-0.25, -0.2) is 0 Å². The summed E-state index contributed by atoms with van der Waals surface area (Å²) in [5, 5.41) is 14.4. The summed E-state index contributed by atoms with van der Waals surface area (Å²) in [4.78, 5) is 1.82. The fourth-order valence-corrected chi connectivity index (χ4v) is 3.18. The molecule has 1 aliphatic rings. The normalized spacial score (nSPS) is 21.5. The minimum Gasteiger partial charge on any atom is -0.380 e. The Bertz CT molecular complexity index is 642. The molecular formula is C16H23ClN4O. The first-order chi connectivity index (χ1) is 10.2. The van der Waals surface area contributed by atoms with Crippen LogP contribution < -0.4 is 20.6 Å². The van der Waals surface area contributed by atoms with Gasteiger partial charge in [0.2, 0.25) is 0 Å². The van der Waals surface area contributed by atoms with Crippen molar-refractivity contribution in [2.45, 2.75) is 51.6 Å². The maximum absolute atomic E-state index is 8.01. The molecule has 2 unspecified atom stereocenters. The molecule has 1 fully saturated rings. The standard InChI is InChI=1S/C16H22N4O.ClH/c1-12-7-6-8-13(2)19(12)20-15(16(17)21-18-20)11-14-9-4-3-5-10-14;/h3-5,9-10,12-13,17H,6-8,11H2,1-2H3;1H. The van der Waals surface area contributed by atoms with Crippen LogP contribution in [-0.4, -0.2) is 12.1 Å². The third-order valence-corrected chi connectivity index (χ3v) is 4.29. The molecule has 2 aromatic rings. The molecule has 2 heterocycles. The number of nitrogens with one attached hydrogen (secondary N) is 1. The molecule has 3 rings (SSSR count). The fourth-order valence-electron chi connectivity index (χ4n) is 3.18. The number of piperidine rings is 1. The highest BCUT2D eigenvalue weighted by atomic mass is 35.5. The van der Waals surface area contributed by atoms with Crippen molar-refractivity contribution in [2.24, 2.45) is 0 Å². The lowest BCUT2D eigenvalue weighted by Gasteiger charge is -2.40. The fraction of sp³-hybridized carbons (Fsp3) is 0.500. The lowest BCUT2D eigenvalue weighted by Crippen LogP contribution is -2.70. The molecule has 1 aromatic carbocycles. The van der Waals surface area contributed by atoms with Crippen LogP contribution in [-0.2, 0) is 6.42 Å². The van der Waals surface area contributed by atoms with Gasteiger partial charge in [0.25, 0.3) is 11.2 Å². The van der Waals surface area contributed by atoms with Gasteiger partial charge in [0.1, 0.15) is 0 Å². The first-order valence-electron chi connectivity index (χ1n) is 7.62. The summed E-state index contributed by atoms with van der Waals surface area (Å²) in [5.74, 6) is 0. The van der Waals surface area contributed by atoms with Crippen molar-refractivity contribution in [3.63, 3.8) is 0 Å². The Morgan fingerprint density at radius 2 is 1.86 bits per heavy atom. The first-order valence-corrected chi connectivity index (χ1v) is 7.62. The number of hydrogen-bond acceptors (Lipinski definition) is 3. The van der Waals surface area contributed by atoms with Gasteiger partial charge in [-0.3, -0.25) is 10.4 Å². The highest BCUT2D eigenvalue weighted by Crippen LogP contribution is 2.18. The van der Waals surface area contributed by atoms with Crippen LogP contribution in [0, 0.1) is 5.41 Å². The minimum absolute atomic E-state index is 0. The summed E-state index contributed by atoms with van der Waals surface area (Å²) in [6, 6.07) is 11.0. The molecule has 2 atom stereocenters. The van der Waals surface area contributed by atoms with Crippen molar-refractivity contribution in [3.8, 4) is 0 Å². The largest absolute Gasteiger partial charge is 0.380 e. The highest BCUT2D eigenvalue weighted by molar-refractivity contribution is 5.85. The van der Waals surface area contributed by atoms with E-state index in [2.05, 4.69) is 36.3 Å². The molecule has 5 nitrogen and oxygen atoms in total. The Morgan fingerprint density at radius 1 is 1.23 bits per heavy atom. The van der Waals surface area contributed by atoms with Crippen molar-refractivity contribution >= 4 is 12.4 Å². The molecule has 1 saturated heterocycles. The smallest absolute Gasteiger partial charge is 0.289 e. The quantitative estimate of drug-likeness (QED) is 0.878. The zero-order valence-corrected chi connectivity index (χ0v) is 13.8. The molecule has 1 N–H and O–H groups in total. The lowest BCUT2D eigenvalue weighted by atomic mass is 10.00. The lowest BCUT2D eigenvalue weighted by molar-refractivity contribution is -0.776. The van der Waals surface area contributed by atoms with Crippen LogP contribution in [0.5, 0.6) is 0 Å². The van der Waals surface area contributed by atoms with Crippen molar-refractivity contribution in [3.05, 3.63) is 47.1 Å². The molecule has 6 heteroatoms. The molecular weight excluding hydrogens is 300 g/mol. The van der Waals surface area contributed by atoms with Crippen molar-refractivity contribution in [2.75, 3.05) is 5.01 Å². The topological polar surface area (TPSA) is 58.2 Å².